The predicted molar refractivity (Wildman–Crippen MR) is 55.9 cm³/mol. The first-order chi connectivity index (χ1) is 7.96. The monoisotopic (exact) mass is 240 g/mol. The Morgan fingerprint density at radius 3 is 2.59 bits per heavy atom. The Hall–Kier alpha value is -1.05. The average molecular weight is 240 g/mol. The van der Waals surface area contributed by atoms with Crippen molar-refractivity contribution in [3.8, 4) is 0 Å². The smallest absolute Gasteiger partial charge is 0.206 e. The molecule has 2 saturated heterocycles. The highest BCUT2D eigenvalue weighted by Gasteiger charge is 2.55. The number of aryl methyl sites for hydroxylation is 1. The van der Waals surface area contributed by atoms with Crippen molar-refractivity contribution in [2.45, 2.75) is 51.0 Å². The van der Waals surface area contributed by atoms with E-state index in [9.17, 15) is 0 Å². The van der Waals surface area contributed by atoms with E-state index in [0.717, 1.165) is 0 Å². The maximum Gasteiger partial charge on any atom is 0.206 e. The molecular formula is C10H16N4O3. The molecule has 1 aromatic heterocycles. The molecule has 3 heterocycles. The van der Waals surface area contributed by atoms with E-state index >= 15 is 0 Å². The van der Waals surface area contributed by atoms with Gasteiger partial charge in [-0.05, 0) is 26.0 Å². The van der Waals surface area contributed by atoms with E-state index in [1.165, 1.54) is 4.80 Å². The van der Waals surface area contributed by atoms with E-state index in [1.54, 1.807) is 7.05 Å². The molecule has 17 heavy (non-hydrogen) atoms. The third-order valence-corrected chi connectivity index (χ3v) is 3.06. The maximum absolute atomic E-state index is 5.86. The fraction of sp³-hybridized carbons (Fsp3) is 0.900. The maximum atomic E-state index is 5.86. The number of hydrogen-bond acceptors (Lipinski definition) is 6. The molecule has 2 aliphatic heterocycles. The van der Waals surface area contributed by atoms with E-state index in [2.05, 4.69) is 15.4 Å². The van der Waals surface area contributed by atoms with E-state index < -0.39 is 5.79 Å². The van der Waals surface area contributed by atoms with Gasteiger partial charge in [0.25, 0.3) is 0 Å². The van der Waals surface area contributed by atoms with Crippen LogP contribution < -0.4 is 0 Å². The number of hydrogen-bond donors (Lipinski definition) is 0. The van der Waals surface area contributed by atoms with Crippen LogP contribution in [0.5, 0.6) is 0 Å². The molecule has 0 aromatic carbocycles. The van der Waals surface area contributed by atoms with Crippen molar-refractivity contribution < 1.29 is 14.2 Å². The van der Waals surface area contributed by atoms with Crippen molar-refractivity contribution in [3.05, 3.63) is 5.82 Å². The topological polar surface area (TPSA) is 71.3 Å². The molecule has 2 fully saturated rings. The predicted octanol–water partition coefficient (Wildman–Crippen LogP) is 0.190. The molecule has 0 saturated carbocycles. The summed E-state index contributed by atoms with van der Waals surface area (Å²) in [6.07, 6.45) is -0.566. The zero-order chi connectivity index (χ0) is 12.2. The fourth-order valence-electron chi connectivity index (χ4n) is 2.42. The summed E-state index contributed by atoms with van der Waals surface area (Å²) in [5.41, 5.74) is 0. The van der Waals surface area contributed by atoms with Crippen LogP contribution in [-0.2, 0) is 21.3 Å². The van der Waals surface area contributed by atoms with Crippen LogP contribution >= 0.6 is 0 Å². The SMILES string of the molecule is CC1OC(c2nnn(C)n2)C2OC(C)(C)OC12. The van der Waals surface area contributed by atoms with E-state index in [4.69, 9.17) is 14.2 Å². The molecule has 0 bridgehead atoms. The molecule has 2 aliphatic rings. The largest absolute Gasteiger partial charge is 0.361 e. The van der Waals surface area contributed by atoms with Crippen LogP contribution in [0.3, 0.4) is 0 Å². The lowest BCUT2D eigenvalue weighted by atomic mass is 10.1. The molecular weight excluding hydrogens is 224 g/mol. The summed E-state index contributed by atoms with van der Waals surface area (Å²) in [4.78, 5) is 1.41. The lowest BCUT2D eigenvalue weighted by Gasteiger charge is -2.21. The van der Waals surface area contributed by atoms with Crippen molar-refractivity contribution in [3.63, 3.8) is 0 Å². The lowest BCUT2D eigenvalue weighted by molar-refractivity contribution is -0.186. The van der Waals surface area contributed by atoms with Crippen LogP contribution in [-0.4, -0.2) is 44.3 Å². The van der Waals surface area contributed by atoms with Gasteiger partial charge in [0.1, 0.15) is 12.2 Å². The third-order valence-electron chi connectivity index (χ3n) is 3.06. The normalized spacial score (nSPS) is 39.5. The molecule has 94 valence electrons. The van der Waals surface area contributed by atoms with E-state index in [0.29, 0.717) is 5.82 Å². The van der Waals surface area contributed by atoms with Crippen molar-refractivity contribution in [2.24, 2.45) is 7.05 Å². The summed E-state index contributed by atoms with van der Waals surface area (Å²) in [5, 5.41) is 12.0. The Bertz CT molecular complexity index is 433. The summed E-state index contributed by atoms with van der Waals surface area (Å²) in [6.45, 7) is 5.77. The van der Waals surface area contributed by atoms with Crippen LogP contribution in [0.2, 0.25) is 0 Å². The van der Waals surface area contributed by atoms with E-state index in [1.807, 2.05) is 20.8 Å². The van der Waals surface area contributed by atoms with Gasteiger partial charge >= 0.3 is 0 Å². The molecule has 4 unspecified atom stereocenters. The third kappa shape index (κ3) is 1.74. The van der Waals surface area contributed by atoms with Crippen LogP contribution in [0.4, 0.5) is 0 Å². The molecule has 7 nitrogen and oxygen atoms in total. The van der Waals surface area contributed by atoms with Gasteiger partial charge in [0, 0.05) is 0 Å². The minimum absolute atomic E-state index is 0.0319. The molecule has 0 spiro atoms. The lowest BCUT2D eigenvalue weighted by Crippen LogP contribution is -2.27. The minimum atomic E-state index is -0.576. The van der Waals surface area contributed by atoms with Crippen molar-refractivity contribution >= 4 is 0 Å². The van der Waals surface area contributed by atoms with Crippen LogP contribution in [0.15, 0.2) is 0 Å². The molecule has 4 atom stereocenters. The quantitative estimate of drug-likeness (QED) is 0.698. The fourth-order valence-corrected chi connectivity index (χ4v) is 2.42. The summed E-state index contributed by atoms with van der Waals surface area (Å²) in [6, 6.07) is 0. The molecule has 7 heteroatoms. The number of tetrazole rings is 1. The first kappa shape index (κ1) is 11.1. The highest BCUT2D eigenvalue weighted by molar-refractivity contribution is 5.03. The Kier molecular flexibility index (Phi) is 2.26. The van der Waals surface area contributed by atoms with E-state index in [-0.39, 0.29) is 24.4 Å². The number of aromatic nitrogens is 4. The molecule has 0 amide bonds. The Labute approximate surface area is 99.0 Å². The first-order valence-electron chi connectivity index (χ1n) is 5.71. The van der Waals surface area contributed by atoms with Gasteiger partial charge in [-0.3, -0.25) is 0 Å². The Morgan fingerprint density at radius 1 is 1.24 bits per heavy atom. The molecule has 0 aliphatic carbocycles. The van der Waals surface area contributed by atoms with Gasteiger partial charge in [-0.2, -0.15) is 4.80 Å². The zero-order valence-corrected chi connectivity index (χ0v) is 10.3. The van der Waals surface area contributed by atoms with Gasteiger partial charge in [-0.15, -0.1) is 10.2 Å². The number of rotatable bonds is 1. The van der Waals surface area contributed by atoms with Gasteiger partial charge < -0.3 is 14.2 Å². The second-order valence-electron chi connectivity index (χ2n) is 4.96. The molecule has 1 aromatic rings. The van der Waals surface area contributed by atoms with Crippen LogP contribution in [0.1, 0.15) is 32.7 Å². The Balaban J connectivity index is 1.88. The molecule has 0 N–H and O–H groups in total. The number of fused-ring (bicyclic) bond motifs is 1. The van der Waals surface area contributed by atoms with Gasteiger partial charge in [0.2, 0.25) is 5.82 Å². The highest BCUT2D eigenvalue weighted by atomic mass is 16.8. The van der Waals surface area contributed by atoms with Crippen LogP contribution in [0, 0.1) is 0 Å². The van der Waals surface area contributed by atoms with Gasteiger partial charge in [-0.1, -0.05) is 0 Å². The van der Waals surface area contributed by atoms with Gasteiger partial charge in [-0.25, -0.2) is 0 Å². The summed E-state index contributed by atoms with van der Waals surface area (Å²) >= 11 is 0. The summed E-state index contributed by atoms with van der Waals surface area (Å²) < 4.78 is 17.5. The van der Waals surface area contributed by atoms with Crippen molar-refractivity contribution in [1.29, 1.82) is 0 Å². The standard InChI is InChI=1S/C10H16N4O3/c1-5-6-7(17-10(2,3)16-6)8(15-5)9-11-13-14(4)12-9/h5-8H,1-4H3. The summed E-state index contributed by atoms with van der Waals surface area (Å²) in [5.74, 6) is -0.0264. The average Bonchev–Trinajstić information content (AvgIpc) is 2.84. The van der Waals surface area contributed by atoms with Gasteiger partial charge in [0.05, 0.1) is 13.2 Å². The first-order valence-corrected chi connectivity index (χ1v) is 5.71. The molecule has 0 radical (unpaired) electrons. The molecule has 3 rings (SSSR count). The minimum Gasteiger partial charge on any atom is -0.361 e. The van der Waals surface area contributed by atoms with Gasteiger partial charge in [0.15, 0.2) is 11.9 Å². The summed E-state index contributed by atoms with van der Waals surface area (Å²) in [7, 11) is 1.72. The van der Waals surface area contributed by atoms with Crippen molar-refractivity contribution in [2.75, 3.05) is 0 Å². The Morgan fingerprint density at radius 2 is 1.94 bits per heavy atom. The number of nitrogens with zero attached hydrogens (tertiary/aromatic N) is 4. The number of ether oxygens (including phenoxy) is 3. The zero-order valence-electron chi connectivity index (χ0n) is 10.3. The van der Waals surface area contributed by atoms with Crippen LogP contribution in [0.25, 0.3) is 0 Å². The van der Waals surface area contributed by atoms with Crippen molar-refractivity contribution in [1.82, 2.24) is 20.2 Å². The second kappa shape index (κ2) is 3.47. The second-order valence-corrected chi connectivity index (χ2v) is 4.96. The highest BCUT2D eigenvalue weighted by Crippen LogP contribution is 2.43.